The largest absolute Gasteiger partial charge is 0.350 e. The van der Waals surface area contributed by atoms with Gasteiger partial charge >= 0.3 is 0 Å². The average molecular weight is 335 g/mol. The molecule has 22 heavy (non-hydrogen) atoms. The van der Waals surface area contributed by atoms with Crippen LogP contribution in [0, 0.1) is 11.7 Å². The second kappa shape index (κ2) is 6.56. The van der Waals surface area contributed by atoms with Crippen LogP contribution in [0.5, 0.6) is 0 Å². The number of rotatable bonds is 4. The Kier molecular flexibility index (Phi) is 4.95. The SMILES string of the molecule is CN1C(=O)CC(C(=O)NCC(F)F)C1c1ccc(Cl)c(F)c1. The summed E-state index contributed by atoms with van der Waals surface area (Å²) in [6.45, 7) is -0.783. The molecule has 0 bridgehead atoms. The van der Waals surface area contributed by atoms with Crippen LogP contribution in [0.1, 0.15) is 18.0 Å². The zero-order valence-corrected chi connectivity index (χ0v) is 12.4. The lowest BCUT2D eigenvalue weighted by Crippen LogP contribution is -2.36. The molecule has 1 N–H and O–H groups in total. The zero-order chi connectivity index (χ0) is 16.4. The van der Waals surface area contributed by atoms with Gasteiger partial charge in [-0.25, -0.2) is 13.2 Å². The highest BCUT2D eigenvalue weighted by Gasteiger charge is 2.42. The van der Waals surface area contributed by atoms with E-state index in [4.69, 9.17) is 11.6 Å². The number of benzene rings is 1. The van der Waals surface area contributed by atoms with Crippen LogP contribution < -0.4 is 5.32 Å². The van der Waals surface area contributed by atoms with Gasteiger partial charge in [0.1, 0.15) is 5.82 Å². The summed E-state index contributed by atoms with van der Waals surface area (Å²) in [4.78, 5) is 25.2. The monoisotopic (exact) mass is 334 g/mol. The average Bonchev–Trinajstić information content (AvgIpc) is 2.75. The first-order valence-corrected chi connectivity index (χ1v) is 6.95. The number of carbonyl (C=O) groups excluding carboxylic acids is 2. The van der Waals surface area contributed by atoms with E-state index in [2.05, 4.69) is 5.32 Å². The molecule has 2 amide bonds. The molecule has 1 aromatic rings. The van der Waals surface area contributed by atoms with Gasteiger partial charge in [0.25, 0.3) is 6.43 Å². The Hall–Kier alpha value is -1.76. The molecule has 0 aromatic heterocycles. The van der Waals surface area contributed by atoms with Gasteiger partial charge in [-0.05, 0) is 17.7 Å². The molecule has 1 fully saturated rings. The summed E-state index contributed by atoms with van der Waals surface area (Å²) >= 11 is 5.62. The van der Waals surface area contributed by atoms with Crippen LogP contribution in [0.15, 0.2) is 18.2 Å². The molecule has 8 heteroatoms. The molecule has 2 unspecified atom stereocenters. The predicted octanol–water partition coefficient (Wildman–Crippen LogP) is 2.38. The molecule has 4 nitrogen and oxygen atoms in total. The van der Waals surface area contributed by atoms with Crippen LogP contribution in [0.3, 0.4) is 0 Å². The summed E-state index contributed by atoms with van der Waals surface area (Å²) in [6, 6.07) is 3.28. The highest BCUT2D eigenvalue weighted by molar-refractivity contribution is 6.30. The van der Waals surface area contributed by atoms with Crippen molar-refractivity contribution in [2.24, 2.45) is 5.92 Å². The van der Waals surface area contributed by atoms with Crippen LogP contribution >= 0.6 is 11.6 Å². The van der Waals surface area contributed by atoms with Crippen molar-refractivity contribution in [1.82, 2.24) is 10.2 Å². The van der Waals surface area contributed by atoms with E-state index in [1.54, 1.807) is 0 Å². The third-order valence-corrected chi connectivity index (χ3v) is 3.95. The van der Waals surface area contributed by atoms with Crippen LogP contribution in [0.25, 0.3) is 0 Å². The fourth-order valence-electron chi connectivity index (χ4n) is 2.57. The Morgan fingerprint density at radius 3 is 2.77 bits per heavy atom. The van der Waals surface area contributed by atoms with Crippen LogP contribution in [-0.4, -0.2) is 36.7 Å². The van der Waals surface area contributed by atoms with E-state index in [0.717, 1.165) is 6.07 Å². The Morgan fingerprint density at radius 1 is 1.50 bits per heavy atom. The molecule has 2 atom stereocenters. The topological polar surface area (TPSA) is 49.4 Å². The molecular weight excluding hydrogens is 321 g/mol. The molecule has 1 aliphatic rings. The van der Waals surface area contributed by atoms with E-state index in [1.807, 2.05) is 0 Å². The molecule has 2 rings (SSSR count). The maximum Gasteiger partial charge on any atom is 0.255 e. The van der Waals surface area contributed by atoms with Gasteiger partial charge in [-0.15, -0.1) is 0 Å². The lowest BCUT2D eigenvalue weighted by Gasteiger charge is -2.25. The summed E-state index contributed by atoms with van der Waals surface area (Å²) < 4.78 is 38.0. The number of amides is 2. The van der Waals surface area contributed by atoms with Crippen molar-refractivity contribution in [2.75, 3.05) is 13.6 Å². The molecule has 120 valence electrons. The highest BCUT2D eigenvalue weighted by atomic mass is 35.5. The third-order valence-electron chi connectivity index (χ3n) is 3.64. The Morgan fingerprint density at radius 2 is 2.18 bits per heavy atom. The number of likely N-dealkylation sites (tertiary alicyclic amines) is 1. The van der Waals surface area contributed by atoms with Crippen molar-refractivity contribution in [1.29, 1.82) is 0 Å². The number of carbonyl (C=O) groups is 2. The Bertz CT molecular complexity index is 597. The second-order valence-corrected chi connectivity index (χ2v) is 5.48. The molecule has 1 aromatic carbocycles. The van der Waals surface area contributed by atoms with Crippen molar-refractivity contribution in [2.45, 2.75) is 18.9 Å². The van der Waals surface area contributed by atoms with E-state index < -0.39 is 36.7 Å². The summed E-state index contributed by atoms with van der Waals surface area (Å²) in [7, 11) is 1.49. The minimum absolute atomic E-state index is 0.0746. The molecule has 1 saturated heterocycles. The number of halogens is 4. The molecule has 0 radical (unpaired) electrons. The van der Waals surface area contributed by atoms with Crippen molar-refractivity contribution < 1.29 is 22.8 Å². The molecule has 0 saturated carbocycles. The van der Waals surface area contributed by atoms with Crippen LogP contribution in [0.4, 0.5) is 13.2 Å². The van der Waals surface area contributed by atoms with Gasteiger partial charge < -0.3 is 10.2 Å². The van der Waals surface area contributed by atoms with Crippen molar-refractivity contribution in [3.8, 4) is 0 Å². The van der Waals surface area contributed by atoms with E-state index >= 15 is 0 Å². The molecular formula is C14H14ClF3N2O2. The number of nitrogens with zero attached hydrogens (tertiary/aromatic N) is 1. The third kappa shape index (κ3) is 3.35. The standard InChI is InChI=1S/C14H14ClF3N2O2/c1-20-12(21)5-8(14(22)19-6-11(17)18)13(20)7-2-3-9(15)10(16)4-7/h2-4,8,11,13H,5-6H2,1H3,(H,19,22). The van der Waals surface area contributed by atoms with Crippen LogP contribution in [-0.2, 0) is 9.59 Å². The van der Waals surface area contributed by atoms with Gasteiger partial charge in [0.2, 0.25) is 11.8 Å². The summed E-state index contributed by atoms with van der Waals surface area (Å²) in [5.74, 6) is -2.48. The van der Waals surface area contributed by atoms with Gasteiger partial charge in [0.05, 0.1) is 23.5 Å². The maximum absolute atomic E-state index is 13.6. The van der Waals surface area contributed by atoms with Gasteiger partial charge in [-0.2, -0.15) is 0 Å². The minimum atomic E-state index is -2.68. The lowest BCUT2D eigenvalue weighted by molar-refractivity contribution is -0.128. The van der Waals surface area contributed by atoms with Gasteiger partial charge in [-0.3, -0.25) is 9.59 Å². The minimum Gasteiger partial charge on any atom is -0.350 e. The number of nitrogens with one attached hydrogen (secondary N) is 1. The maximum atomic E-state index is 13.6. The predicted molar refractivity (Wildman–Crippen MR) is 74.0 cm³/mol. The Balaban J connectivity index is 2.26. The van der Waals surface area contributed by atoms with E-state index in [1.165, 1.54) is 24.1 Å². The van der Waals surface area contributed by atoms with E-state index in [-0.39, 0.29) is 17.4 Å². The first-order valence-electron chi connectivity index (χ1n) is 6.57. The fraction of sp³-hybridized carbons (Fsp3) is 0.429. The normalized spacial score (nSPS) is 21.5. The van der Waals surface area contributed by atoms with Gasteiger partial charge in [-0.1, -0.05) is 17.7 Å². The smallest absolute Gasteiger partial charge is 0.255 e. The van der Waals surface area contributed by atoms with E-state index in [0.29, 0.717) is 5.56 Å². The van der Waals surface area contributed by atoms with Crippen molar-refractivity contribution in [3.05, 3.63) is 34.6 Å². The molecule has 1 aliphatic heterocycles. The quantitative estimate of drug-likeness (QED) is 0.919. The first kappa shape index (κ1) is 16.6. The fourth-order valence-corrected chi connectivity index (χ4v) is 2.68. The lowest BCUT2D eigenvalue weighted by atomic mass is 9.93. The zero-order valence-electron chi connectivity index (χ0n) is 11.7. The summed E-state index contributed by atoms with van der Waals surface area (Å²) in [5.41, 5.74) is 0.396. The second-order valence-electron chi connectivity index (χ2n) is 5.07. The van der Waals surface area contributed by atoms with Gasteiger partial charge in [0, 0.05) is 13.5 Å². The van der Waals surface area contributed by atoms with Crippen molar-refractivity contribution in [3.63, 3.8) is 0 Å². The molecule has 1 heterocycles. The van der Waals surface area contributed by atoms with Gasteiger partial charge in [0.15, 0.2) is 0 Å². The number of hydrogen-bond acceptors (Lipinski definition) is 2. The summed E-state index contributed by atoms with van der Waals surface area (Å²) in [5, 5.41) is 2.03. The highest BCUT2D eigenvalue weighted by Crippen LogP contribution is 2.38. The molecule has 0 spiro atoms. The first-order chi connectivity index (χ1) is 10.3. The Labute approximate surface area is 130 Å². The number of hydrogen-bond donors (Lipinski definition) is 1. The van der Waals surface area contributed by atoms with Crippen LogP contribution in [0.2, 0.25) is 5.02 Å². The number of alkyl halides is 2. The summed E-state index contributed by atoms with van der Waals surface area (Å²) in [6.07, 6.45) is -2.79. The molecule has 0 aliphatic carbocycles. The van der Waals surface area contributed by atoms with E-state index in [9.17, 15) is 22.8 Å². The van der Waals surface area contributed by atoms with Crippen molar-refractivity contribution >= 4 is 23.4 Å².